The van der Waals surface area contributed by atoms with E-state index in [0.717, 1.165) is 13.1 Å². The molecular formula is C6H15N3O. The van der Waals surface area contributed by atoms with Crippen molar-refractivity contribution in [1.82, 2.24) is 4.90 Å². The topological polar surface area (TPSA) is 61.8 Å². The van der Waals surface area contributed by atoms with Gasteiger partial charge in [0.05, 0.1) is 0 Å². The molecule has 0 radical (unpaired) electrons. The highest BCUT2D eigenvalue weighted by atomic mass is 16.4. The molecule has 0 amide bonds. The molecule has 4 heteroatoms. The lowest BCUT2D eigenvalue weighted by Gasteiger charge is -2.11. The van der Waals surface area contributed by atoms with Crippen LogP contribution in [0, 0.1) is 0 Å². The smallest absolute Gasteiger partial charge is 0.140 e. The standard InChI is InChI=1S/C6H15N3O/c1-3-9(2)5-4-6(7)8-10/h10H,3-5H2,1-2H3,(H2,7,8). The summed E-state index contributed by atoms with van der Waals surface area (Å²) in [6.07, 6.45) is 0.626. The van der Waals surface area contributed by atoms with Crippen molar-refractivity contribution in [3.63, 3.8) is 0 Å². The van der Waals surface area contributed by atoms with Crippen LogP contribution < -0.4 is 5.73 Å². The van der Waals surface area contributed by atoms with Crippen molar-refractivity contribution in [2.75, 3.05) is 20.1 Å². The number of nitrogens with two attached hydrogens (primary N) is 1. The second-order valence-corrected chi connectivity index (χ2v) is 2.24. The van der Waals surface area contributed by atoms with Crippen molar-refractivity contribution in [1.29, 1.82) is 0 Å². The minimum absolute atomic E-state index is 0.292. The quantitative estimate of drug-likeness (QED) is 0.255. The van der Waals surface area contributed by atoms with Gasteiger partial charge in [0.25, 0.3) is 0 Å². The van der Waals surface area contributed by atoms with Crippen LogP contribution in [0.2, 0.25) is 0 Å². The maximum absolute atomic E-state index is 8.16. The summed E-state index contributed by atoms with van der Waals surface area (Å²) in [5, 5.41) is 11.0. The van der Waals surface area contributed by atoms with Gasteiger partial charge < -0.3 is 15.8 Å². The van der Waals surface area contributed by atoms with Gasteiger partial charge in [0.2, 0.25) is 0 Å². The second-order valence-electron chi connectivity index (χ2n) is 2.24. The average Bonchev–Trinajstić information content (AvgIpc) is 1.99. The summed E-state index contributed by atoms with van der Waals surface area (Å²) in [6, 6.07) is 0. The summed E-state index contributed by atoms with van der Waals surface area (Å²) in [5.41, 5.74) is 5.25. The maximum atomic E-state index is 8.16. The first kappa shape index (κ1) is 9.23. The van der Waals surface area contributed by atoms with Crippen molar-refractivity contribution >= 4 is 5.84 Å². The maximum Gasteiger partial charge on any atom is 0.140 e. The van der Waals surface area contributed by atoms with E-state index in [-0.39, 0.29) is 0 Å². The summed E-state index contributed by atoms with van der Waals surface area (Å²) in [7, 11) is 1.99. The second kappa shape index (κ2) is 5.05. The van der Waals surface area contributed by atoms with Gasteiger partial charge in [0.15, 0.2) is 0 Å². The Balaban J connectivity index is 3.35. The monoisotopic (exact) mass is 145 g/mol. The van der Waals surface area contributed by atoms with E-state index in [0.29, 0.717) is 12.3 Å². The number of rotatable bonds is 4. The molecule has 4 nitrogen and oxygen atoms in total. The van der Waals surface area contributed by atoms with E-state index in [9.17, 15) is 0 Å². The Kier molecular flexibility index (Phi) is 4.66. The molecule has 0 saturated carbocycles. The van der Waals surface area contributed by atoms with Crippen molar-refractivity contribution in [3.05, 3.63) is 0 Å². The third-order valence-corrected chi connectivity index (χ3v) is 1.42. The first-order chi connectivity index (χ1) is 4.70. The average molecular weight is 145 g/mol. The Morgan fingerprint density at radius 2 is 2.30 bits per heavy atom. The molecular weight excluding hydrogens is 130 g/mol. The van der Waals surface area contributed by atoms with E-state index in [2.05, 4.69) is 17.0 Å². The normalized spacial score (nSPS) is 12.5. The van der Waals surface area contributed by atoms with Gasteiger partial charge in [-0.25, -0.2) is 0 Å². The van der Waals surface area contributed by atoms with Gasteiger partial charge in [0.1, 0.15) is 5.84 Å². The molecule has 0 rings (SSSR count). The lowest BCUT2D eigenvalue weighted by atomic mass is 10.4. The third-order valence-electron chi connectivity index (χ3n) is 1.42. The zero-order valence-corrected chi connectivity index (χ0v) is 6.54. The fourth-order valence-electron chi connectivity index (χ4n) is 0.514. The third kappa shape index (κ3) is 4.14. The van der Waals surface area contributed by atoms with Gasteiger partial charge in [-0.1, -0.05) is 12.1 Å². The minimum Gasteiger partial charge on any atom is -0.409 e. The van der Waals surface area contributed by atoms with Gasteiger partial charge in [-0.05, 0) is 13.6 Å². The van der Waals surface area contributed by atoms with E-state index < -0.39 is 0 Å². The number of oxime groups is 1. The lowest BCUT2D eigenvalue weighted by Crippen LogP contribution is -2.24. The molecule has 0 aliphatic carbocycles. The van der Waals surface area contributed by atoms with Gasteiger partial charge in [-0.3, -0.25) is 0 Å². The predicted molar refractivity (Wildman–Crippen MR) is 41.2 cm³/mol. The van der Waals surface area contributed by atoms with Gasteiger partial charge in [-0.15, -0.1) is 0 Å². The van der Waals surface area contributed by atoms with Gasteiger partial charge >= 0.3 is 0 Å². The largest absolute Gasteiger partial charge is 0.409 e. The molecule has 0 spiro atoms. The summed E-state index contributed by atoms with van der Waals surface area (Å²) in [4.78, 5) is 2.10. The molecule has 60 valence electrons. The molecule has 3 N–H and O–H groups in total. The zero-order valence-electron chi connectivity index (χ0n) is 6.54. The highest BCUT2D eigenvalue weighted by molar-refractivity contribution is 5.79. The van der Waals surface area contributed by atoms with Crippen LogP contribution in [-0.2, 0) is 0 Å². The van der Waals surface area contributed by atoms with Crippen molar-refractivity contribution in [3.8, 4) is 0 Å². The van der Waals surface area contributed by atoms with E-state index in [4.69, 9.17) is 10.9 Å². The molecule has 0 aliphatic heterocycles. The number of hydrogen-bond donors (Lipinski definition) is 2. The van der Waals surface area contributed by atoms with Crippen LogP contribution >= 0.6 is 0 Å². The fourth-order valence-corrected chi connectivity index (χ4v) is 0.514. The number of hydrogen-bond acceptors (Lipinski definition) is 3. The summed E-state index contributed by atoms with van der Waals surface area (Å²) < 4.78 is 0. The van der Waals surface area contributed by atoms with Gasteiger partial charge in [-0.2, -0.15) is 0 Å². The molecule has 0 atom stereocenters. The highest BCUT2D eigenvalue weighted by Gasteiger charge is 1.96. The van der Waals surface area contributed by atoms with Crippen molar-refractivity contribution < 1.29 is 5.21 Å². The van der Waals surface area contributed by atoms with Crippen LogP contribution in [0.5, 0.6) is 0 Å². The fraction of sp³-hybridized carbons (Fsp3) is 0.833. The van der Waals surface area contributed by atoms with Crippen molar-refractivity contribution in [2.45, 2.75) is 13.3 Å². The van der Waals surface area contributed by atoms with E-state index in [1.54, 1.807) is 0 Å². The van der Waals surface area contributed by atoms with Crippen LogP contribution in [0.15, 0.2) is 5.16 Å². The zero-order chi connectivity index (χ0) is 7.98. The van der Waals surface area contributed by atoms with Crippen LogP contribution in [0.25, 0.3) is 0 Å². The minimum atomic E-state index is 0.292. The van der Waals surface area contributed by atoms with Crippen molar-refractivity contribution in [2.24, 2.45) is 10.9 Å². The van der Waals surface area contributed by atoms with E-state index >= 15 is 0 Å². The van der Waals surface area contributed by atoms with Crippen LogP contribution in [-0.4, -0.2) is 36.1 Å². The van der Waals surface area contributed by atoms with Crippen LogP contribution in [0.4, 0.5) is 0 Å². The van der Waals surface area contributed by atoms with Crippen LogP contribution in [0.1, 0.15) is 13.3 Å². The molecule has 0 aromatic carbocycles. The summed E-state index contributed by atoms with van der Waals surface area (Å²) >= 11 is 0. The molecule has 0 aliphatic rings. The summed E-state index contributed by atoms with van der Waals surface area (Å²) in [6.45, 7) is 3.89. The molecule has 0 aromatic rings. The summed E-state index contributed by atoms with van der Waals surface area (Å²) in [5.74, 6) is 0.292. The molecule has 0 aromatic heterocycles. The number of nitrogens with zero attached hydrogens (tertiary/aromatic N) is 2. The molecule has 0 saturated heterocycles. The molecule has 0 unspecified atom stereocenters. The Hall–Kier alpha value is -0.770. The Labute approximate surface area is 61.3 Å². The highest BCUT2D eigenvalue weighted by Crippen LogP contribution is 1.85. The molecule has 0 heterocycles. The molecule has 0 bridgehead atoms. The van der Waals surface area contributed by atoms with Crippen LogP contribution in [0.3, 0.4) is 0 Å². The Morgan fingerprint density at radius 3 is 2.70 bits per heavy atom. The number of amidine groups is 1. The molecule has 0 fully saturated rings. The first-order valence-corrected chi connectivity index (χ1v) is 3.35. The van der Waals surface area contributed by atoms with E-state index in [1.165, 1.54) is 0 Å². The lowest BCUT2D eigenvalue weighted by molar-refractivity contribution is 0.313. The van der Waals surface area contributed by atoms with E-state index in [1.807, 2.05) is 7.05 Å². The Bertz CT molecular complexity index is 114. The SMILES string of the molecule is CCN(C)CC/C(N)=N/O. The Morgan fingerprint density at radius 1 is 1.70 bits per heavy atom. The van der Waals surface area contributed by atoms with Gasteiger partial charge in [0, 0.05) is 13.0 Å². The molecule has 10 heavy (non-hydrogen) atoms. The first-order valence-electron chi connectivity index (χ1n) is 3.35. The predicted octanol–water partition coefficient (Wildman–Crippen LogP) is 0.0746.